The monoisotopic (exact) mass is 327 g/mol. The molecule has 0 aliphatic carbocycles. The van der Waals surface area contributed by atoms with Crippen molar-refractivity contribution in [1.82, 2.24) is 4.90 Å². The van der Waals surface area contributed by atoms with Gasteiger partial charge >= 0.3 is 5.97 Å². The Morgan fingerprint density at radius 1 is 1.53 bits per heavy atom. The number of nitrogens with zero attached hydrogens (tertiary/aromatic N) is 1. The van der Waals surface area contributed by atoms with Crippen LogP contribution in [0.3, 0.4) is 0 Å². The maximum Gasteiger partial charge on any atom is 0.308 e. The molecule has 0 radical (unpaired) electrons. The van der Waals surface area contributed by atoms with Crippen LogP contribution in [0.15, 0.2) is 28.7 Å². The Labute approximate surface area is 119 Å². The van der Waals surface area contributed by atoms with Gasteiger partial charge in [0.1, 0.15) is 12.4 Å². The van der Waals surface area contributed by atoms with Crippen molar-refractivity contribution in [3.05, 3.63) is 28.7 Å². The molecule has 102 valence electrons. The molecule has 5 nitrogen and oxygen atoms in total. The van der Waals surface area contributed by atoms with Crippen molar-refractivity contribution >= 4 is 27.8 Å². The van der Waals surface area contributed by atoms with Gasteiger partial charge in [0.2, 0.25) is 5.91 Å². The third-order valence-corrected chi connectivity index (χ3v) is 3.48. The highest BCUT2D eigenvalue weighted by molar-refractivity contribution is 9.10. The molecule has 1 saturated heterocycles. The highest BCUT2D eigenvalue weighted by atomic mass is 79.9. The molecule has 1 aliphatic rings. The summed E-state index contributed by atoms with van der Waals surface area (Å²) >= 11 is 3.34. The van der Waals surface area contributed by atoms with Gasteiger partial charge < -0.3 is 14.7 Å². The number of carboxylic acids is 1. The third kappa shape index (κ3) is 3.70. The zero-order valence-electron chi connectivity index (χ0n) is 10.2. The Balaban J connectivity index is 1.80. The van der Waals surface area contributed by atoms with Crippen molar-refractivity contribution in [1.29, 1.82) is 0 Å². The second kappa shape index (κ2) is 6.06. The number of halogens is 1. The average molecular weight is 328 g/mol. The first-order valence-corrected chi connectivity index (χ1v) is 6.74. The van der Waals surface area contributed by atoms with E-state index < -0.39 is 11.9 Å². The van der Waals surface area contributed by atoms with E-state index in [1.165, 1.54) is 4.90 Å². The predicted molar refractivity (Wildman–Crippen MR) is 72.0 cm³/mol. The number of aliphatic carboxylic acids is 1. The maximum absolute atomic E-state index is 11.6. The Morgan fingerprint density at radius 2 is 2.32 bits per heavy atom. The van der Waals surface area contributed by atoms with E-state index in [1.54, 1.807) is 0 Å². The lowest BCUT2D eigenvalue weighted by atomic mass is 10.1. The molecule has 1 aliphatic heterocycles. The number of ether oxygens (including phenoxy) is 1. The van der Waals surface area contributed by atoms with Crippen molar-refractivity contribution < 1.29 is 19.4 Å². The van der Waals surface area contributed by atoms with E-state index in [4.69, 9.17) is 9.84 Å². The minimum atomic E-state index is -0.913. The largest absolute Gasteiger partial charge is 0.492 e. The van der Waals surface area contributed by atoms with Crippen molar-refractivity contribution in [3.8, 4) is 5.75 Å². The van der Waals surface area contributed by atoms with Crippen LogP contribution < -0.4 is 4.74 Å². The van der Waals surface area contributed by atoms with E-state index in [-0.39, 0.29) is 18.9 Å². The van der Waals surface area contributed by atoms with Gasteiger partial charge in [-0.05, 0) is 18.2 Å². The number of likely N-dealkylation sites (tertiary alicyclic amines) is 1. The summed E-state index contributed by atoms with van der Waals surface area (Å²) in [7, 11) is 0. The summed E-state index contributed by atoms with van der Waals surface area (Å²) < 4.78 is 6.45. The molecule has 6 heteroatoms. The van der Waals surface area contributed by atoms with Gasteiger partial charge in [-0.1, -0.05) is 22.0 Å². The van der Waals surface area contributed by atoms with E-state index in [1.807, 2.05) is 24.3 Å². The van der Waals surface area contributed by atoms with Crippen LogP contribution in [0.2, 0.25) is 0 Å². The van der Waals surface area contributed by atoms with Crippen LogP contribution in [0, 0.1) is 5.92 Å². The minimum absolute atomic E-state index is 0.0895. The molecular formula is C13H14BrNO4. The van der Waals surface area contributed by atoms with Crippen molar-refractivity contribution in [2.45, 2.75) is 6.42 Å². The Kier molecular flexibility index (Phi) is 4.42. The van der Waals surface area contributed by atoms with Crippen LogP contribution in [0.1, 0.15) is 6.42 Å². The highest BCUT2D eigenvalue weighted by Gasteiger charge is 2.33. The van der Waals surface area contributed by atoms with Crippen molar-refractivity contribution in [3.63, 3.8) is 0 Å². The van der Waals surface area contributed by atoms with Crippen LogP contribution in [-0.2, 0) is 9.59 Å². The van der Waals surface area contributed by atoms with E-state index in [0.29, 0.717) is 13.2 Å². The van der Waals surface area contributed by atoms with Crippen LogP contribution in [0.5, 0.6) is 5.75 Å². The number of carbonyl (C=O) groups excluding carboxylic acids is 1. The third-order valence-electron chi connectivity index (χ3n) is 2.99. The summed E-state index contributed by atoms with van der Waals surface area (Å²) in [6, 6.07) is 7.43. The lowest BCUT2D eigenvalue weighted by molar-refractivity contribution is -0.141. The first-order chi connectivity index (χ1) is 9.06. The summed E-state index contributed by atoms with van der Waals surface area (Å²) in [5, 5.41) is 8.87. The minimum Gasteiger partial charge on any atom is -0.492 e. The van der Waals surface area contributed by atoms with Gasteiger partial charge in [-0.25, -0.2) is 0 Å². The first-order valence-electron chi connectivity index (χ1n) is 5.95. The van der Waals surface area contributed by atoms with Crippen LogP contribution in [-0.4, -0.2) is 41.6 Å². The SMILES string of the molecule is O=C(O)C1CC(=O)N(CCOc2cccc(Br)c2)C1. The smallest absolute Gasteiger partial charge is 0.308 e. The van der Waals surface area contributed by atoms with E-state index >= 15 is 0 Å². The van der Waals surface area contributed by atoms with E-state index in [2.05, 4.69) is 15.9 Å². The van der Waals surface area contributed by atoms with Gasteiger partial charge in [0.25, 0.3) is 0 Å². The quantitative estimate of drug-likeness (QED) is 0.894. The zero-order chi connectivity index (χ0) is 13.8. The highest BCUT2D eigenvalue weighted by Crippen LogP contribution is 2.19. The van der Waals surface area contributed by atoms with E-state index in [9.17, 15) is 9.59 Å². The fraction of sp³-hybridized carbons (Fsp3) is 0.385. The van der Waals surface area contributed by atoms with Gasteiger partial charge in [-0.15, -0.1) is 0 Å². The Bertz CT molecular complexity index is 491. The molecule has 0 spiro atoms. The normalized spacial score (nSPS) is 18.7. The second-order valence-corrected chi connectivity index (χ2v) is 5.30. The van der Waals surface area contributed by atoms with Crippen LogP contribution >= 0.6 is 15.9 Å². The Morgan fingerprint density at radius 3 is 2.95 bits per heavy atom. The zero-order valence-corrected chi connectivity index (χ0v) is 11.8. The number of hydrogen-bond donors (Lipinski definition) is 1. The molecule has 1 atom stereocenters. The molecular weight excluding hydrogens is 314 g/mol. The standard InChI is InChI=1S/C13H14BrNO4/c14-10-2-1-3-11(7-10)19-5-4-15-8-9(13(17)18)6-12(15)16/h1-3,7,9H,4-6,8H2,(H,17,18). The number of hydrogen-bond acceptors (Lipinski definition) is 3. The lowest BCUT2D eigenvalue weighted by Crippen LogP contribution is -2.30. The molecule has 0 saturated carbocycles. The van der Waals surface area contributed by atoms with Crippen molar-refractivity contribution in [2.24, 2.45) is 5.92 Å². The number of benzene rings is 1. The second-order valence-electron chi connectivity index (χ2n) is 4.38. The number of carboxylic acid groups (broad SMARTS) is 1. The molecule has 0 bridgehead atoms. The fourth-order valence-electron chi connectivity index (χ4n) is 1.98. The van der Waals surface area contributed by atoms with Crippen molar-refractivity contribution in [2.75, 3.05) is 19.7 Å². The van der Waals surface area contributed by atoms with Gasteiger partial charge in [-0.3, -0.25) is 9.59 Å². The molecule has 1 N–H and O–H groups in total. The van der Waals surface area contributed by atoms with Gasteiger partial charge in [0.05, 0.1) is 12.5 Å². The molecule has 1 heterocycles. The number of amides is 1. The Hall–Kier alpha value is -1.56. The number of rotatable bonds is 5. The average Bonchev–Trinajstić information content (AvgIpc) is 2.71. The van der Waals surface area contributed by atoms with Crippen LogP contribution in [0.25, 0.3) is 0 Å². The number of carbonyl (C=O) groups is 2. The van der Waals surface area contributed by atoms with Gasteiger partial charge in [0.15, 0.2) is 0 Å². The van der Waals surface area contributed by atoms with Gasteiger partial charge in [-0.2, -0.15) is 0 Å². The fourth-order valence-corrected chi connectivity index (χ4v) is 2.36. The summed E-state index contributed by atoms with van der Waals surface area (Å²) in [6.45, 7) is 1.04. The molecule has 19 heavy (non-hydrogen) atoms. The van der Waals surface area contributed by atoms with Gasteiger partial charge in [0, 0.05) is 17.4 Å². The lowest BCUT2D eigenvalue weighted by Gasteiger charge is -2.16. The predicted octanol–water partition coefficient (Wildman–Crippen LogP) is 1.76. The molecule has 1 aromatic carbocycles. The summed E-state index contributed by atoms with van der Waals surface area (Å²) in [6.07, 6.45) is 0.0895. The molecule has 0 aromatic heterocycles. The first kappa shape index (κ1) is 13.9. The van der Waals surface area contributed by atoms with E-state index in [0.717, 1.165) is 10.2 Å². The van der Waals surface area contributed by atoms with Crippen LogP contribution in [0.4, 0.5) is 0 Å². The summed E-state index contributed by atoms with van der Waals surface area (Å²) in [5.74, 6) is -0.900. The molecule has 1 fully saturated rings. The topological polar surface area (TPSA) is 66.8 Å². The summed E-state index contributed by atoms with van der Waals surface area (Å²) in [4.78, 5) is 23.9. The molecule has 2 rings (SSSR count). The summed E-state index contributed by atoms with van der Waals surface area (Å²) in [5.41, 5.74) is 0. The maximum atomic E-state index is 11.6. The molecule has 1 amide bonds. The molecule has 1 aromatic rings. The molecule has 1 unspecified atom stereocenters.